The topological polar surface area (TPSA) is 26.0 Å². The predicted molar refractivity (Wildman–Crippen MR) is 65.1 cm³/mol. The summed E-state index contributed by atoms with van der Waals surface area (Å²) in [6.45, 7) is 1.99. The van der Waals surface area contributed by atoms with E-state index in [1.165, 1.54) is 12.1 Å². The number of halogens is 4. The predicted octanol–water partition coefficient (Wildman–Crippen LogP) is 4.32. The third kappa shape index (κ3) is 4.56. The highest BCUT2D eigenvalue weighted by Crippen LogP contribution is 2.34. The van der Waals surface area contributed by atoms with E-state index in [4.69, 9.17) is 5.73 Å². The lowest BCUT2D eigenvalue weighted by Crippen LogP contribution is -2.17. The monoisotopic (exact) mass is 267 g/mol. The molecule has 98 valence electrons. The third-order valence-corrected chi connectivity index (χ3v) is 2.53. The molecule has 0 aliphatic heterocycles. The van der Waals surface area contributed by atoms with Crippen LogP contribution in [0.5, 0.6) is 0 Å². The van der Waals surface area contributed by atoms with Gasteiger partial charge in [0.05, 0.1) is 5.56 Å². The van der Waals surface area contributed by atoms with Gasteiger partial charge in [-0.25, -0.2) is 0 Å². The summed E-state index contributed by atoms with van der Waals surface area (Å²) >= 11 is 0. The van der Waals surface area contributed by atoms with Crippen LogP contribution in [0.25, 0.3) is 0 Å². The van der Waals surface area contributed by atoms with Gasteiger partial charge < -0.3 is 5.73 Å². The van der Waals surface area contributed by atoms with Gasteiger partial charge in [0.1, 0.15) is 0 Å². The van der Waals surface area contributed by atoms with Crippen LogP contribution in [0.4, 0.5) is 13.2 Å². The minimum absolute atomic E-state index is 0. The van der Waals surface area contributed by atoms with Crippen LogP contribution in [-0.4, -0.2) is 0 Å². The van der Waals surface area contributed by atoms with Gasteiger partial charge in [0.2, 0.25) is 0 Å². The molecule has 0 heterocycles. The van der Waals surface area contributed by atoms with E-state index in [1.54, 1.807) is 6.07 Å². The van der Waals surface area contributed by atoms with Gasteiger partial charge >= 0.3 is 6.18 Å². The zero-order valence-electron chi connectivity index (χ0n) is 9.63. The highest BCUT2D eigenvalue weighted by Gasteiger charge is 2.33. The van der Waals surface area contributed by atoms with Crippen LogP contribution < -0.4 is 5.73 Å². The van der Waals surface area contributed by atoms with Crippen LogP contribution >= 0.6 is 12.4 Å². The van der Waals surface area contributed by atoms with Crippen LogP contribution in [0.1, 0.15) is 43.4 Å². The summed E-state index contributed by atoms with van der Waals surface area (Å²) in [6, 6.07) is 5.00. The molecule has 0 unspecified atom stereocenters. The molecule has 0 fully saturated rings. The Labute approximate surface area is 106 Å². The fourth-order valence-corrected chi connectivity index (χ4v) is 1.66. The minimum atomic E-state index is -4.32. The molecule has 0 amide bonds. The zero-order chi connectivity index (χ0) is 12.2. The van der Waals surface area contributed by atoms with Gasteiger partial charge in [-0.2, -0.15) is 13.2 Å². The second kappa shape index (κ2) is 6.87. The standard InChI is InChI=1S/C12H16F3N.ClH/c1-2-3-8-11(16)9-6-4-5-7-10(9)12(13,14)15;/h4-7,11H,2-3,8,16H2,1H3;1H/t11-;/m0./s1. The molecule has 0 aromatic heterocycles. The quantitative estimate of drug-likeness (QED) is 0.864. The number of unbranched alkanes of at least 4 members (excludes halogenated alkanes) is 1. The Morgan fingerprint density at radius 2 is 1.82 bits per heavy atom. The van der Waals surface area contributed by atoms with Gasteiger partial charge in [-0.1, -0.05) is 38.0 Å². The van der Waals surface area contributed by atoms with Gasteiger partial charge in [-0.3, -0.25) is 0 Å². The highest BCUT2D eigenvalue weighted by atomic mass is 35.5. The van der Waals surface area contributed by atoms with Crippen molar-refractivity contribution in [2.75, 3.05) is 0 Å². The Balaban J connectivity index is 0.00000256. The van der Waals surface area contributed by atoms with Gasteiger partial charge in [0.25, 0.3) is 0 Å². The molecule has 0 radical (unpaired) electrons. The Hall–Kier alpha value is -0.740. The highest BCUT2D eigenvalue weighted by molar-refractivity contribution is 5.85. The smallest absolute Gasteiger partial charge is 0.324 e. The molecular formula is C12H17ClF3N. The van der Waals surface area contributed by atoms with E-state index in [0.717, 1.165) is 18.9 Å². The van der Waals surface area contributed by atoms with Crippen molar-refractivity contribution in [3.63, 3.8) is 0 Å². The fraction of sp³-hybridized carbons (Fsp3) is 0.500. The second-order valence-electron chi connectivity index (χ2n) is 3.83. The first kappa shape index (κ1) is 16.3. The lowest BCUT2D eigenvalue weighted by Gasteiger charge is -2.17. The van der Waals surface area contributed by atoms with Crippen molar-refractivity contribution in [1.82, 2.24) is 0 Å². The van der Waals surface area contributed by atoms with Gasteiger partial charge in [0.15, 0.2) is 0 Å². The summed E-state index contributed by atoms with van der Waals surface area (Å²) in [4.78, 5) is 0. The average Bonchev–Trinajstić information content (AvgIpc) is 2.24. The normalized spacial score (nSPS) is 13.0. The van der Waals surface area contributed by atoms with E-state index < -0.39 is 17.8 Å². The molecule has 0 saturated heterocycles. The molecule has 1 atom stereocenters. The number of rotatable bonds is 4. The van der Waals surface area contributed by atoms with Gasteiger partial charge in [0, 0.05) is 6.04 Å². The minimum Gasteiger partial charge on any atom is -0.324 e. The van der Waals surface area contributed by atoms with Crippen molar-refractivity contribution in [3.8, 4) is 0 Å². The molecule has 0 aliphatic rings. The van der Waals surface area contributed by atoms with Crippen LogP contribution in [0.3, 0.4) is 0 Å². The maximum Gasteiger partial charge on any atom is 0.416 e. The lowest BCUT2D eigenvalue weighted by atomic mass is 9.97. The van der Waals surface area contributed by atoms with Crippen molar-refractivity contribution >= 4 is 12.4 Å². The summed E-state index contributed by atoms with van der Waals surface area (Å²) < 4.78 is 38.0. The van der Waals surface area contributed by atoms with Crippen molar-refractivity contribution in [2.45, 2.75) is 38.4 Å². The van der Waals surface area contributed by atoms with E-state index in [2.05, 4.69) is 0 Å². The number of nitrogens with two attached hydrogens (primary N) is 1. The number of hydrogen-bond acceptors (Lipinski definition) is 1. The molecule has 0 spiro atoms. The van der Waals surface area contributed by atoms with E-state index >= 15 is 0 Å². The molecule has 1 aromatic rings. The van der Waals surface area contributed by atoms with E-state index in [0.29, 0.717) is 6.42 Å². The summed E-state index contributed by atoms with van der Waals surface area (Å²) in [5.74, 6) is 0. The molecule has 1 aromatic carbocycles. The van der Waals surface area contributed by atoms with Gasteiger partial charge in [-0.15, -0.1) is 12.4 Å². The van der Waals surface area contributed by atoms with Crippen LogP contribution in [-0.2, 0) is 6.18 Å². The number of benzene rings is 1. The Kier molecular flexibility index (Phi) is 6.57. The maximum absolute atomic E-state index is 12.7. The lowest BCUT2D eigenvalue weighted by molar-refractivity contribution is -0.138. The maximum atomic E-state index is 12.7. The van der Waals surface area contributed by atoms with Crippen LogP contribution in [0, 0.1) is 0 Å². The average molecular weight is 268 g/mol. The fourth-order valence-electron chi connectivity index (χ4n) is 1.66. The van der Waals surface area contributed by atoms with Crippen molar-refractivity contribution < 1.29 is 13.2 Å². The molecule has 0 bridgehead atoms. The molecular weight excluding hydrogens is 251 g/mol. The third-order valence-electron chi connectivity index (χ3n) is 2.53. The van der Waals surface area contributed by atoms with E-state index in [-0.39, 0.29) is 18.0 Å². The number of alkyl halides is 3. The van der Waals surface area contributed by atoms with E-state index in [1.807, 2.05) is 6.92 Å². The molecule has 0 saturated carbocycles. The first-order chi connectivity index (χ1) is 7.46. The Bertz CT molecular complexity index is 339. The SMILES string of the molecule is CCCC[C@H](N)c1ccccc1C(F)(F)F.Cl. The molecule has 2 N–H and O–H groups in total. The number of hydrogen-bond donors (Lipinski definition) is 1. The van der Waals surface area contributed by atoms with Gasteiger partial charge in [-0.05, 0) is 18.1 Å². The second-order valence-corrected chi connectivity index (χ2v) is 3.83. The zero-order valence-corrected chi connectivity index (χ0v) is 10.4. The molecule has 1 nitrogen and oxygen atoms in total. The first-order valence-electron chi connectivity index (χ1n) is 5.38. The largest absolute Gasteiger partial charge is 0.416 e. The summed E-state index contributed by atoms with van der Waals surface area (Å²) in [6.07, 6.45) is -1.96. The summed E-state index contributed by atoms with van der Waals surface area (Å²) in [7, 11) is 0. The molecule has 1 rings (SSSR count). The van der Waals surface area contributed by atoms with E-state index in [9.17, 15) is 13.2 Å². The molecule has 0 aliphatic carbocycles. The van der Waals surface area contributed by atoms with Crippen molar-refractivity contribution in [2.24, 2.45) is 5.73 Å². The summed E-state index contributed by atoms with van der Waals surface area (Å²) in [5.41, 5.74) is 5.36. The van der Waals surface area contributed by atoms with Crippen molar-refractivity contribution in [1.29, 1.82) is 0 Å². The Morgan fingerprint density at radius 1 is 1.24 bits per heavy atom. The van der Waals surface area contributed by atoms with Crippen LogP contribution in [0.2, 0.25) is 0 Å². The molecule has 17 heavy (non-hydrogen) atoms. The van der Waals surface area contributed by atoms with Crippen LogP contribution in [0.15, 0.2) is 24.3 Å². The summed E-state index contributed by atoms with van der Waals surface area (Å²) in [5, 5.41) is 0. The van der Waals surface area contributed by atoms with Crippen molar-refractivity contribution in [3.05, 3.63) is 35.4 Å². The molecule has 5 heteroatoms. The first-order valence-corrected chi connectivity index (χ1v) is 5.38. The Morgan fingerprint density at radius 3 is 2.35 bits per heavy atom.